The van der Waals surface area contributed by atoms with Gasteiger partial charge in [-0.2, -0.15) is 0 Å². The highest BCUT2D eigenvalue weighted by molar-refractivity contribution is 5.71. The summed E-state index contributed by atoms with van der Waals surface area (Å²) < 4.78 is 29.3. The van der Waals surface area contributed by atoms with Crippen molar-refractivity contribution in [3.8, 4) is 5.75 Å². The molecule has 4 fully saturated rings. The van der Waals surface area contributed by atoms with Gasteiger partial charge in [-0.3, -0.25) is 0 Å². The van der Waals surface area contributed by atoms with Crippen molar-refractivity contribution in [3.63, 3.8) is 0 Å². The van der Waals surface area contributed by atoms with Crippen LogP contribution in [-0.2, 0) is 29.3 Å². The molecule has 6 nitrogen and oxygen atoms in total. The number of carbonyl (C=O) groups is 1. The van der Waals surface area contributed by atoms with Gasteiger partial charge in [0.2, 0.25) is 0 Å². The average molecular weight is 447 g/mol. The SMILES string of the molecule is CC(C)(C)OC(=O)COCCC12CCC(c3cccc(OC4CCCCO4)c3)(CC1)OC2. The number of esters is 1. The summed E-state index contributed by atoms with van der Waals surface area (Å²) in [6.07, 6.45) is 8.22. The number of hydrogen-bond donors (Lipinski definition) is 0. The van der Waals surface area contributed by atoms with Crippen molar-refractivity contribution in [1.82, 2.24) is 0 Å². The molecule has 1 aliphatic carbocycles. The zero-order valence-electron chi connectivity index (χ0n) is 19.8. The molecule has 1 atom stereocenters. The molecule has 6 heteroatoms. The topological polar surface area (TPSA) is 63.2 Å². The second-order valence-electron chi connectivity index (χ2n) is 10.6. The molecule has 4 aliphatic rings. The van der Waals surface area contributed by atoms with Crippen LogP contribution in [0.15, 0.2) is 24.3 Å². The first-order valence-electron chi connectivity index (χ1n) is 12.1. The molecule has 1 aromatic rings. The third kappa shape index (κ3) is 5.83. The van der Waals surface area contributed by atoms with Gasteiger partial charge in [-0.15, -0.1) is 0 Å². The van der Waals surface area contributed by atoms with Crippen molar-refractivity contribution in [3.05, 3.63) is 29.8 Å². The molecule has 0 N–H and O–H groups in total. The van der Waals surface area contributed by atoms with Crippen molar-refractivity contribution in [1.29, 1.82) is 0 Å². The van der Waals surface area contributed by atoms with Gasteiger partial charge in [0, 0.05) is 13.0 Å². The zero-order chi connectivity index (χ0) is 22.7. The molecule has 2 bridgehead atoms. The number of rotatable bonds is 8. The zero-order valence-corrected chi connectivity index (χ0v) is 19.8. The van der Waals surface area contributed by atoms with Crippen LogP contribution in [0.4, 0.5) is 0 Å². The highest BCUT2D eigenvalue weighted by Gasteiger charge is 2.50. The highest BCUT2D eigenvalue weighted by atomic mass is 16.7. The number of benzene rings is 1. The summed E-state index contributed by atoms with van der Waals surface area (Å²) in [5.74, 6) is 0.559. The lowest BCUT2D eigenvalue weighted by Crippen LogP contribution is -2.49. The monoisotopic (exact) mass is 446 g/mol. The Morgan fingerprint density at radius 2 is 1.97 bits per heavy atom. The van der Waals surface area contributed by atoms with E-state index in [0.717, 1.165) is 70.3 Å². The Labute approximate surface area is 191 Å². The Morgan fingerprint density at radius 3 is 2.62 bits per heavy atom. The maximum Gasteiger partial charge on any atom is 0.332 e. The standard InChI is InChI=1S/C26H38O6/c1-24(2,3)32-22(27)18-28-16-14-25-10-12-26(13-11-25,30-19-25)20-7-6-8-21(17-20)31-23-9-4-5-15-29-23/h6-8,17,23H,4-5,9-16,18-19H2,1-3H3. The third-order valence-corrected chi connectivity index (χ3v) is 6.96. The second-order valence-corrected chi connectivity index (χ2v) is 10.6. The van der Waals surface area contributed by atoms with E-state index in [1.807, 2.05) is 26.8 Å². The highest BCUT2D eigenvalue weighted by Crippen LogP contribution is 2.55. The molecule has 0 radical (unpaired) electrons. The van der Waals surface area contributed by atoms with E-state index in [-0.39, 0.29) is 29.9 Å². The molecule has 32 heavy (non-hydrogen) atoms. The van der Waals surface area contributed by atoms with Crippen LogP contribution in [0.1, 0.15) is 77.7 Å². The van der Waals surface area contributed by atoms with E-state index in [2.05, 4.69) is 18.2 Å². The maximum absolute atomic E-state index is 11.8. The van der Waals surface area contributed by atoms with Crippen LogP contribution < -0.4 is 4.74 Å². The summed E-state index contributed by atoms with van der Waals surface area (Å²) in [5.41, 5.74) is 0.667. The van der Waals surface area contributed by atoms with Gasteiger partial charge in [0.05, 0.1) is 18.8 Å². The van der Waals surface area contributed by atoms with Gasteiger partial charge in [-0.1, -0.05) is 12.1 Å². The lowest BCUT2D eigenvalue weighted by Gasteiger charge is -2.53. The average Bonchev–Trinajstić information content (AvgIpc) is 2.78. The number of hydrogen-bond acceptors (Lipinski definition) is 6. The normalized spacial score (nSPS) is 30.2. The van der Waals surface area contributed by atoms with Crippen LogP contribution >= 0.6 is 0 Å². The van der Waals surface area contributed by atoms with Crippen LogP contribution in [0.5, 0.6) is 5.75 Å². The van der Waals surface area contributed by atoms with Crippen LogP contribution in [0, 0.1) is 5.41 Å². The minimum absolute atomic E-state index is 0.00957. The van der Waals surface area contributed by atoms with Gasteiger partial charge >= 0.3 is 5.97 Å². The van der Waals surface area contributed by atoms with Gasteiger partial charge < -0.3 is 23.7 Å². The predicted molar refractivity (Wildman–Crippen MR) is 120 cm³/mol. The molecular weight excluding hydrogens is 408 g/mol. The fourth-order valence-corrected chi connectivity index (χ4v) is 5.08. The molecule has 1 unspecified atom stereocenters. The Bertz CT molecular complexity index is 752. The lowest BCUT2D eigenvalue weighted by molar-refractivity contribution is -0.195. The molecule has 1 saturated carbocycles. The fourth-order valence-electron chi connectivity index (χ4n) is 5.08. The van der Waals surface area contributed by atoms with Crippen LogP contribution in [-0.4, -0.2) is 44.3 Å². The predicted octanol–water partition coefficient (Wildman–Crippen LogP) is 5.13. The largest absolute Gasteiger partial charge is 0.465 e. The first-order valence-corrected chi connectivity index (χ1v) is 12.1. The summed E-state index contributed by atoms with van der Waals surface area (Å²) >= 11 is 0. The fraction of sp³-hybridized carbons (Fsp3) is 0.731. The molecule has 3 heterocycles. The van der Waals surface area contributed by atoms with Gasteiger partial charge in [0.1, 0.15) is 18.0 Å². The number of ether oxygens (including phenoxy) is 5. The minimum atomic E-state index is -0.477. The molecule has 178 valence electrons. The summed E-state index contributed by atoms with van der Waals surface area (Å²) in [4.78, 5) is 11.8. The smallest absolute Gasteiger partial charge is 0.332 e. The summed E-state index contributed by atoms with van der Waals surface area (Å²) in [6, 6.07) is 8.37. The molecule has 0 spiro atoms. The van der Waals surface area contributed by atoms with E-state index >= 15 is 0 Å². The van der Waals surface area contributed by atoms with Crippen molar-refractivity contribution >= 4 is 5.97 Å². The van der Waals surface area contributed by atoms with Crippen molar-refractivity contribution < 1.29 is 28.5 Å². The second kappa shape index (κ2) is 9.70. The van der Waals surface area contributed by atoms with Gasteiger partial charge in [-0.05, 0) is 88.8 Å². The van der Waals surface area contributed by atoms with Crippen LogP contribution in [0.25, 0.3) is 0 Å². The third-order valence-electron chi connectivity index (χ3n) is 6.96. The molecule has 5 rings (SSSR count). The van der Waals surface area contributed by atoms with Gasteiger partial charge in [0.25, 0.3) is 0 Å². The van der Waals surface area contributed by atoms with Crippen LogP contribution in [0.3, 0.4) is 0 Å². The molecule has 3 aliphatic heterocycles. The Kier molecular flexibility index (Phi) is 7.13. The first kappa shape index (κ1) is 23.5. The van der Waals surface area contributed by atoms with E-state index in [0.29, 0.717) is 6.61 Å². The van der Waals surface area contributed by atoms with Gasteiger partial charge in [-0.25, -0.2) is 4.79 Å². The Hall–Kier alpha value is -1.63. The molecule has 3 saturated heterocycles. The van der Waals surface area contributed by atoms with E-state index in [4.69, 9.17) is 23.7 Å². The van der Waals surface area contributed by atoms with Crippen molar-refractivity contribution in [2.75, 3.05) is 26.4 Å². The van der Waals surface area contributed by atoms with Crippen LogP contribution in [0.2, 0.25) is 0 Å². The van der Waals surface area contributed by atoms with E-state index in [1.54, 1.807) is 0 Å². The molecular formula is C26H38O6. The minimum Gasteiger partial charge on any atom is -0.465 e. The Morgan fingerprint density at radius 1 is 1.16 bits per heavy atom. The summed E-state index contributed by atoms with van der Waals surface area (Å²) in [7, 11) is 0. The lowest BCUT2D eigenvalue weighted by atomic mass is 9.63. The first-order chi connectivity index (χ1) is 15.3. The maximum atomic E-state index is 11.8. The molecule has 0 amide bonds. The van der Waals surface area contributed by atoms with Gasteiger partial charge in [0.15, 0.2) is 6.29 Å². The number of carbonyl (C=O) groups excluding carboxylic acids is 1. The number of fused-ring (bicyclic) bond motifs is 3. The summed E-state index contributed by atoms with van der Waals surface area (Å²) in [6.45, 7) is 7.67. The van der Waals surface area contributed by atoms with E-state index < -0.39 is 5.60 Å². The summed E-state index contributed by atoms with van der Waals surface area (Å²) in [5, 5.41) is 0. The van der Waals surface area contributed by atoms with E-state index in [1.165, 1.54) is 5.56 Å². The van der Waals surface area contributed by atoms with E-state index in [9.17, 15) is 4.79 Å². The van der Waals surface area contributed by atoms with Crippen molar-refractivity contribution in [2.24, 2.45) is 5.41 Å². The van der Waals surface area contributed by atoms with Crippen molar-refractivity contribution in [2.45, 2.75) is 89.6 Å². The molecule has 0 aromatic heterocycles. The molecule has 1 aromatic carbocycles. The Balaban J connectivity index is 1.27. The quantitative estimate of drug-likeness (QED) is 0.408.